The van der Waals surface area contributed by atoms with Gasteiger partial charge in [0.2, 0.25) is 5.91 Å². The summed E-state index contributed by atoms with van der Waals surface area (Å²) in [5.41, 5.74) is 8.32. The number of fused-ring (bicyclic) bond motifs is 4. The molecule has 2 aliphatic heterocycles. The second-order valence-corrected chi connectivity index (χ2v) is 12.4. The van der Waals surface area contributed by atoms with Gasteiger partial charge < -0.3 is 15.5 Å². The van der Waals surface area contributed by atoms with E-state index in [9.17, 15) is 9.59 Å². The Balaban J connectivity index is 1.08. The van der Waals surface area contributed by atoms with Crippen LogP contribution in [0.25, 0.3) is 16.8 Å². The zero-order valence-corrected chi connectivity index (χ0v) is 25.4. The maximum absolute atomic E-state index is 12.5. The molecule has 228 valence electrons. The van der Waals surface area contributed by atoms with Crippen molar-refractivity contribution < 1.29 is 9.59 Å². The lowest BCUT2D eigenvalue weighted by atomic mass is 9.93. The SMILES string of the molecule is Cc1cc2nc(NC(=O)C3CC3)cc(Nc3cccc4c3N(C)C(C)c3c-4cnn3C3CN(Cc4cccc(C=O)n4)C3)n2n1. The van der Waals surface area contributed by atoms with Crippen molar-refractivity contribution in [3.05, 3.63) is 77.5 Å². The Morgan fingerprint density at radius 1 is 1.07 bits per heavy atom. The van der Waals surface area contributed by atoms with E-state index in [1.54, 1.807) is 10.6 Å². The van der Waals surface area contributed by atoms with Gasteiger partial charge >= 0.3 is 0 Å². The highest BCUT2D eigenvalue weighted by molar-refractivity contribution is 5.95. The van der Waals surface area contributed by atoms with E-state index in [4.69, 9.17) is 5.10 Å². The second kappa shape index (κ2) is 10.5. The fraction of sp³-hybridized carbons (Fsp3) is 0.333. The molecule has 2 N–H and O–H groups in total. The van der Waals surface area contributed by atoms with Gasteiger partial charge in [-0.15, -0.1) is 0 Å². The number of anilines is 4. The Bertz CT molecular complexity index is 1970. The third-order valence-corrected chi connectivity index (χ3v) is 9.12. The van der Waals surface area contributed by atoms with Crippen LogP contribution in [0.2, 0.25) is 0 Å². The number of aldehydes is 1. The van der Waals surface area contributed by atoms with E-state index < -0.39 is 0 Å². The maximum Gasteiger partial charge on any atom is 0.228 e. The summed E-state index contributed by atoms with van der Waals surface area (Å²) in [5, 5.41) is 16.2. The number of benzene rings is 1. The van der Waals surface area contributed by atoms with Crippen molar-refractivity contribution in [1.82, 2.24) is 34.3 Å². The first kappa shape index (κ1) is 27.4. The number of hydrogen-bond donors (Lipinski definition) is 2. The summed E-state index contributed by atoms with van der Waals surface area (Å²) >= 11 is 0. The molecule has 8 rings (SSSR count). The molecule has 12 nitrogen and oxygen atoms in total. The molecule has 1 unspecified atom stereocenters. The number of amides is 1. The van der Waals surface area contributed by atoms with Crippen molar-refractivity contribution in [1.29, 1.82) is 0 Å². The molecule has 1 saturated heterocycles. The topological polar surface area (TPSA) is 126 Å². The van der Waals surface area contributed by atoms with E-state index in [1.165, 1.54) is 5.69 Å². The molecule has 1 amide bonds. The van der Waals surface area contributed by atoms with Gasteiger partial charge in [0.25, 0.3) is 0 Å². The number of carbonyl (C=O) groups excluding carboxylic acids is 2. The number of nitrogens with one attached hydrogen (secondary N) is 2. The van der Waals surface area contributed by atoms with Gasteiger partial charge in [-0.2, -0.15) is 14.7 Å². The third kappa shape index (κ3) is 4.81. The van der Waals surface area contributed by atoms with Crippen LogP contribution in [0, 0.1) is 12.8 Å². The molecular formula is C33H34N10O2. The van der Waals surface area contributed by atoms with E-state index >= 15 is 0 Å². The van der Waals surface area contributed by atoms with E-state index in [-0.39, 0.29) is 23.9 Å². The van der Waals surface area contributed by atoms with Crippen molar-refractivity contribution in [3.8, 4) is 11.1 Å². The smallest absolute Gasteiger partial charge is 0.228 e. The first-order chi connectivity index (χ1) is 21.9. The molecule has 5 aromatic rings. The van der Waals surface area contributed by atoms with Crippen molar-refractivity contribution in [3.63, 3.8) is 0 Å². The van der Waals surface area contributed by atoms with Crippen molar-refractivity contribution >= 4 is 40.9 Å². The monoisotopic (exact) mass is 602 g/mol. The molecular weight excluding hydrogens is 568 g/mol. The molecule has 12 heteroatoms. The van der Waals surface area contributed by atoms with Crippen molar-refractivity contribution in [2.75, 3.05) is 35.7 Å². The minimum Gasteiger partial charge on any atom is -0.364 e. The van der Waals surface area contributed by atoms with Crippen LogP contribution in [0.3, 0.4) is 0 Å². The molecule has 0 spiro atoms. The molecule has 1 aromatic carbocycles. The number of hydrogen-bond acceptors (Lipinski definition) is 9. The maximum atomic E-state index is 12.5. The molecule has 1 aliphatic carbocycles. The van der Waals surface area contributed by atoms with Crippen LogP contribution in [-0.4, -0.2) is 66.6 Å². The number of pyridine rings is 1. The predicted octanol–water partition coefficient (Wildman–Crippen LogP) is 4.77. The van der Waals surface area contributed by atoms with Gasteiger partial charge in [-0.05, 0) is 44.9 Å². The van der Waals surface area contributed by atoms with Crippen LogP contribution in [0.5, 0.6) is 0 Å². The number of para-hydroxylation sites is 1. The average molecular weight is 603 g/mol. The Morgan fingerprint density at radius 2 is 1.89 bits per heavy atom. The highest BCUT2D eigenvalue weighted by atomic mass is 16.2. The fourth-order valence-electron chi connectivity index (χ4n) is 6.57. The molecule has 0 radical (unpaired) electrons. The van der Waals surface area contributed by atoms with E-state index in [0.29, 0.717) is 23.7 Å². The standard InChI is InChI=1S/C33H34N10O2/c1-19-12-29-37-28(38-33(45)21-10-11-21)13-30(43(29)39-19)36-27-9-5-8-25-26-14-34-42(31(26)20(2)40(3)32(25)27)24-16-41(17-24)15-22-6-4-7-23(18-44)35-22/h4-9,12-14,18,20-21,24,36H,10-11,15-17H2,1-3H3,(H,37,38,45). The summed E-state index contributed by atoms with van der Waals surface area (Å²) in [6.07, 6.45) is 4.64. The van der Waals surface area contributed by atoms with Gasteiger partial charge in [-0.25, -0.2) is 9.97 Å². The van der Waals surface area contributed by atoms with Crippen LogP contribution in [-0.2, 0) is 11.3 Å². The predicted molar refractivity (Wildman–Crippen MR) is 171 cm³/mol. The molecule has 4 aromatic heterocycles. The number of likely N-dealkylation sites (tertiary alicyclic amines) is 1. The Hall–Kier alpha value is -5.10. The number of aromatic nitrogens is 6. The van der Waals surface area contributed by atoms with Crippen LogP contribution in [0.4, 0.5) is 23.0 Å². The normalized spacial score (nSPS) is 17.9. The number of nitrogens with zero attached hydrogens (tertiary/aromatic N) is 8. The van der Waals surface area contributed by atoms with Crippen molar-refractivity contribution in [2.24, 2.45) is 5.92 Å². The Labute approximate surface area is 260 Å². The lowest BCUT2D eigenvalue weighted by Crippen LogP contribution is -2.48. The minimum atomic E-state index is 0.0163. The summed E-state index contributed by atoms with van der Waals surface area (Å²) in [5.74, 6) is 1.33. The van der Waals surface area contributed by atoms with Gasteiger partial charge in [-0.3, -0.25) is 19.2 Å². The zero-order valence-electron chi connectivity index (χ0n) is 25.4. The van der Waals surface area contributed by atoms with E-state index in [1.807, 2.05) is 37.4 Å². The number of aryl methyl sites for hydroxylation is 1. The molecule has 2 fully saturated rings. The van der Waals surface area contributed by atoms with Gasteiger partial charge in [0.1, 0.15) is 17.3 Å². The quantitative estimate of drug-likeness (QED) is 0.242. The Kier molecular flexibility index (Phi) is 6.41. The minimum absolute atomic E-state index is 0.0163. The van der Waals surface area contributed by atoms with E-state index in [0.717, 1.165) is 71.9 Å². The first-order valence-electron chi connectivity index (χ1n) is 15.4. The Morgan fingerprint density at radius 3 is 2.69 bits per heavy atom. The van der Waals surface area contributed by atoms with Crippen LogP contribution in [0.15, 0.2) is 54.7 Å². The summed E-state index contributed by atoms with van der Waals surface area (Å²) < 4.78 is 3.98. The van der Waals surface area contributed by atoms with Gasteiger partial charge in [0.05, 0.1) is 46.7 Å². The second-order valence-electron chi connectivity index (χ2n) is 12.4. The highest BCUT2D eigenvalue weighted by Gasteiger charge is 2.37. The highest BCUT2D eigenvalue weighted by Crippen LogP contribution is 2.49. The third-order valence-electron chi connectivity index (χ3n) is 9.12. The lowest BCUT2D eigenvalue weighted by molar-refractivity contribution is -0.117. The largest absolute Gasteiger partial charge is 0.364 e. The van der Waals surface area contributed by atoms with Gasteiger partial charge in [-0.1, -0.05) is 18.2 Å². The molecule has 45 heavy (non-hydrogen) atoms. The van der Waals surface area contributed by atoms with Crippen LogP contribution >= 0.6 is 0 Å². The molecule has 1 atom stereocenters. The fourth-order valence-corrected chi connectivity index (χ4v) is 6.57. The number of carbonyl (C=O) groups is 2. The summed E-state index contributed by atoms with van der Waals surface area (Å²) in [4.78, 5) is 37.4. The first-order valence-corrected chi connectivity index (χ1v) is 15.4. The van der Waals surface area contributed by atoms with Crippen molar-refractivity contribution in [2.45, 2.75) is 45.3 Å². The van der Waals surface area contributed by atoms with Crippen LogP contribution in [0.1, 0.15) is 59.4 Å². The zero-order chi connectivity index (χ0) is 30.8. The average Bonchev–Trinajstić information content (AvgIpc) is 3.67. The van der Waals surface area contributed by atoms with Gasteiger partial charge in [0, 0.05) is 55.9 Å². The molecule has 0 bridgehead atoms. The van der Waals surface area contributed by atoms with Gasteiger partial charge in [0.15, 0.2) is 11.9 Å². The molecule has 1 saturated carbocycles. The number of rotatable bonds is 8. The summed E-state index contributed by atoms with van der Waals surface area (Å²) in [6.45, 7) is 6.59. The molecule has 3 aliphatic rings. The summed E-state index contributed by atoms with van der Waals surface area (Å²) in [7, 11) is 2.12. The van der Waals surface area contributed by atoms with E-state index in [2.05, 4.69) is 72.4 Å². The van der Waals surface area contributed by atoms with Crippen LogP contribution < -0.4 is 15.5 Å². The summed E-state index contributed by atoms with van der Waals surface area (Å²) in [6, 6.07) is 15.9. The lowest BCUT2D eigenvalue weighted by Gasteiger charge is -2.42. The molecule has 6 heterocycles.